The quantitative estimate of drug-likeness (QED) is 0.120. The number of non-ortho nitro benzene ring substituents is 1. The van der Waals surface area contributed by atoms with Gasteiger partial charge in [0.25, 0.3) is 5.69 Å². The number of sulfonamides is 1. The number of amides is 1. The molecule has 46 heavy (non-hydrogen) atoms. The summed E-state index contributed by atoms with van der Waals surface area (Å²) in [6, 6.07) is 29.9. The monoisotopic (exact) mass is 643 g/mol. The molecule has 0 aliphatic carbocycles. The van der Waals surface area contributed by atoms with Crippen LogP contribution in [0.15, 0.2) is 114 Å². The first-order valence-electron chi connectivity index (χ1n) is 14.9. The van der Waals surface area contributed by atoms with Crippen LogP contribution in [0, 0.1) is 10.1 Å². The van der Waals surface area contributed by atoms with Crippen LogP contribution in [0.2, 0.25) is 0 Å². The number of nitrogens with zero attached hydrogens (tertiary/aromatic N) is 1. The molecule has 2 N–H and O–H groups in total. The van der Waals surface area contributed by atoms with Crippen molar-refractivity contribution in [2.45, 2.75) is 55.5 Å². The molecule has 0 saturated heterocycles. The molecule has 4 aromatic carbocycles. The van der Waals surface area contributed by atoms with Crippen molar-refractivity contribution in [3.63, 3.8) is 0 Å². The van der Waals surface area contributed by atoms with E-state index in [0.29, 0.717) is 19.3 Å². The van der Waals surface area contributed by atoms with Crippen molar-refractivity contribution >= 4 is 27.6 Å². The first-order chi connectivity index (χ1) is 22.1. The third-order valence-corrected chi connectivity index (χ3v) is 9.41. The Morgan fingerprint density at radius 3 is 1.89 bits per heavy atom. The Morgan fingerprint density at radius 1 is 0.826 bits per heavy atom. The van der Waals surface area contributed by atoms with Gasteiger partial charge in [-0.2, -0.15) is 0 Å². The van der Waals surface area contributed by atoms with E-state index in [1.807, 2.05) is 91.9 Å². The van der Waals surface area contributed by atoms with Crippen molar-refractivity contribution < 1.29 is 27.7 Å². The molecule has 0 aliphatic rings. The topological polar surface area (TPSA) is 145 Å². The number of hydrogen-bond donors (Lipinski definition) is 2. The first kappa shape index (κ1) is 34.0. The van der Waals surface area contributed by atoms with Gasteiger partial charge < -0.3 is 10.1 Å². The summed E-state index contributed by atoms with van der Waals surface area (Å²) in [4.78, 5) is 36.9. The molecule has 4 rings (SSSR count). The molecular weight excluding hydrogens is 606 g/mol. The summed E-state index contributed by atoms with van der Waals surface area (Å²) >= 11 is 0. The van der Waals surface area contributed by atoms with Crippen molar-refractivity contribution in [3.8, 4) is 0 Å². The SMILES string of the molecule is CC[C@H](CCc1ccccc1CC(=O)[C@@H](NC(=O)OC)C(c1ccccc1)c1ccccc1)NS(=O)(=O)c1ccc([N+](=O)[O-])cc1. The predicted octanol–water partition coefficient (Wildman–Crippen LogP) is 5.95. The maximum Gasteiger partial charge on any atom is 0.407 e. The van der Waals surface area contributed by atoms with Crippen LogP contribution in [0.1, 0.15) is 47.9 Å². The largest absolute Gasteiger partial charge is 0.453 e. The van der Waals surface area contributed by atoms with Crippen LogP contribution in [0.25, 0.3) is 0 Å². The summed E-state index contributed by atoms with van der Waals surface area (Å²) in [5.41, 5.74) is 3.19. The van der Waals surface area contributed by atoms with Crippen LogP contribution in [0.5, 0.6) is 0 Å². The maximum absolute atomic E-state index is 14.1. The summed E-state index contributed by atoms with van der Waals surface area (Å²) in [6.45, 7) is 1.87. The number of aryl methyl sites for hydroxylation is 1. The van der Waals surface area contributed by atoms with Crippen LogP contribution < -0.4 is 10.0 Å². The number of ether oxygens (including phenoxy) is 1. The number of carbonyl (C=O) groups excluding carboxylic acids is 2. The molecule has 0 bridgehead atoms. The van der Waals surface area contributed by atoms with Crippen molar-refractivity contribution in [1.82, 2.24) is 10.0 Å². The van der Waals surface area contributed by atoms with Gasteiger partial charge in [0.1, 0.15) is 6.04 Å². The molecule has 11 heteroatoms. The van der Waals surface area contributed by atoms with Gasteiger partial charge in [-0.3, -0.25) is 14.9 Å². The van der Waals surface area contributed by atoms with E-state index in [9.17, 15) is 28.1 Å². The van der Waals surface area contributed by atoms with Gasteiger partial charge in [0.2, 0.25) is 10.0 Å². The van der Waals surface area contributed by atoms with Gasteiger partial charge >= 0.3 is 6.09 Å². The molecule has 0 heterocycles. The van der Waals surface area contributed by atoms with E-state index in [1.165, 1.54) is 19.2 Å². The summed E-state index contributed by atoms with van der Waals surface area (Å²) in [5.74, 6) is -0.680. The maximum atomic E-state index is 14.1. The van der Waals surface area contributed by atoms with E-state index in [-0.39, 0.29) is 22.8 Å². The second-order valence-corrected chi connectivity index (χ2v) is 12.6. The van der Waals surface area contributed by atoms with Gasteiger partial charge in [-0.25, -0.2) is 17.9 Å². The minimum Gasteiger partial charge on any atom is -0.453 e. The molecule has 0 unspecified atom stereocenters. The Labute approximate surface area is 269 Å². The fraction of sp³-hybridized carbons (Fsp3) is 0.257. The van der Waals surface area contributed by atoms with Crippen molar-refractivity contribution in [1.29, 1.82) is 0 Å². The standard InChI is InChI=1S/C35H37N3O7S/c1-3-29(37-46(43,44)31-22-20-30(21-23-31)38(41)42)19-18-25-12-10-11-17-28(25)24-32(39)34(36-35(40)45-2)33(26-13-6-4-7-14-26)27-15-8-5-9-16-27/h4-17,20-23,29,33-34,37H,3,18-19,24H2,1-2H3,(H,36,40)/t29-,34-/m1/s1. The summed E-state index contributed by atoms with van der Waals surface area (Å²) in [6.07, 6.45) is 0.768. The number of rotatable bonds is 15. The molecule has 240 valence electrons. The van der Waals surface area contributed by atoms with E-state index in [1.54, 1.807) is 0 Å². The lowest BCUT2D eigenvalue weighted by Crippen LogP contribution is -2.46. The molecule has 0 aromatic heterocycles. The van der Waals surface area contributed by atoms with Crippen LogP contribution in [-0.4, -0.2) is 44.4 Å². The molecule has 2 atom stereocenters. The van der Waals surface area contributed by atoms with Crippen molar-refractivity contribution in [3.05, 3.63) is 142 Å². The van der Waals surface area contributed by atoms with Gasteiger partial charge in [0.15, 0.2) is 5.78 Å². The Balaban J connectivity index is 1.54. The molecule has 1 amide bonds. The number of hydrogen-bond acceptors (Lipinski definition) is 7. The first-order valence-corrected chi connectivity index (χ1v) is 16.4. The van der Waals surface area contributed by atoms with E-state index in [4.69, 9.17) is 4.74 Å². The lowest BCUT2D eigenvalue weighted by atomic mass is 9.81. The Morgan fingerprint density at radius 2 is 1.37 bits per heavy atom. The summed E-state index contributed by atoms with van der Waals surface area (Å²) in [7, 11) is -2.66. The second kappa shape index (κ2) is 15.9. The molecule has 10 nitrogen and oxygen atoms in total. The van der Waals surface area contributed by atoms with Crippen LogP contribution in [0.3, 0.4) is 0 Å². The fourth-order valence-corrected chi connectivity index (χ4v) is 6.77. The minimum atomic E-state index is -3.91. The number of nitrogens with one attached hydrogen (secondary N) is 2. The van der Waals surface area contributed by atoms with E-state index in [0.717, 1.165) is 34.4 Å². The number of ketones is 1. The normalized spacial score (nSPS) is 12.7. The third kappa shape index (κ3) is 8.86. The van der Waals surface area contributed by atoms with Gasteiger partial charge in [0.05, 0.1) is 16.9 Å². The molecule has 0 fully saturated rings. The van der Waals surface area contributed by atoms with Crippen molar-refractivity contribution in [2.75, 3.05) is 7.11 Å². The predicted molar refractivity (Wildman–Crippen MR) is 175 cm³/mol. The minimum absolute atomic E-state index is 0.0340. The Hall–Kier alpha value is -4.87. The van der Waals surface area contributed by atoms with Gasteiger partial charge in [-0.05, 0) is 53.6 Å². The van der Waals surface area contributed by atoms with Crippen LogP contribution in [0.4, 0.5) is 10.5 Å². The number of nitro benzene ring substituents is 1. The molecule has 0 spiro atoms. The fourth-order valence-electron chi connectivity index (χ4n) is 5.42. The van der Waals surface area contributed by atoms with Gasteiger partial charge in [-0.1, -0.05) is 91.9 Å². The van der Waals surface area contributed by atoms with E-state index < -0.39 is 39.0 Å². The number of alkyl carbamates (subject to hydrolysis) is 1. The van der Waals surface area contributed by atoms with Gasteiger partial charge in [-0.15, -0.1) is 0 Å². The van der Waals surface area contributed by atoms with E-state index >= 15 is 0 Å². The molecule has 0 saturated carbocycles. The third-order valence-electron chi connectivity index (χ3n) is 7.87. The highest BCUT2D eigenvalue weighted by Gasteiger charge is 2.33. The summed E-state index contributed by atoms with van der Waals surface area (Å²) in [5, 5.41) is 13.7. The highest BCUT2D eigenvalue weighted by atomic mass is 32.2. The molecular formula is C35H37N3O7S. The zero-order valence-electron chi connectivity index (χ0n) is 25.7. The van der Waals surface area contributed by atoms with Crippen LogP contribution in [-0.2, 0) is 32.4 Å². The van der Waals surface area contributed by atoms with Crippen molar-refractivity contribution in [2.24, 2.45) is 0 Å². The molecule has 4 aromatic rings. The molecule has 0 aliphatic heterocycles. The number of methoxy groups -OCH3 is 1. The lowest BCUT2D eigenvalue weighted by Gasteiger charge is -2.28. The Bertz CT molecular complexity index is 1690. The Kier molecular flexibility index (Phi) is 11.8. The number of benzene rings is 4. The smallest absolute Gasteiger partial charge is 0.407 e. The lowest BCUT2D eigenvalue weighted by molar-refractivity contribution is -0.384. The zero-order chi connectivity index (χ0) is 33.1. The average molecular weight is 644 g/mol. The van der Waals surface area contributed by atoms with E-state index in [2.05, 4.69) is 10.0 Å². The van der Waals surface area contributed by atoms with Crippen LogP contribution >= 0.6 is 0 Å². The number of carbonyl (C=O) groups is 2. The van der Waals surface area contributed by atoms with Gasteiger partial charge in [0, 0.05) is 30.5 Å². The zero-order valence-corrected chi connectivity index (χ0v) is 26.5. The highest BCUT2D eigenvalue weighted by Crippen LogP contribution is 2.30. The average Bonchev–Trinajstić information content (AvgIpc) is 3.07. The summed E-state index contributed by atoms with van der Waals surface area (Å²) < 4.78 is 33.7. The highest BCUT2D eigenvalue weighted by molar-refractivity contribution is 7.89. The number of Topliss-reactive ketones (excluding diaryl/α,β-unsaturated/α-hetero) is 1. The second-order valence-electron chi connectivity index (χ2n) is 10.8. The molecule has 0 radical (unpaired) electrons. The number of nitro groups is 1.